The molecule has 1 aliphatic rings. The van der Waals surface area contributed by atoms with Gasteiger partial charge >= 0.3 is 17.9 Å². The van der Waals surface area contributed by atoms with E-state index in [1.165, 1.54) is 14.2 Å². The lowest BCUT2D eigenvalue weighted by Crippen LogP contribution is -2.60. The predicted molar refractivity (Wildman–Crippen MR) is 252 cm³/mol. The van der Waals surface area contributed by atoms with Crippen LogP contribution >= 0.6 is 12.6 Å². The fraction of sp³-hybridized carbons (Fsp3) is 0.723. The topological polar surface area (TPSA) is 225 Å². The average Bonchev–Trinajstić information content (AvgIpc) is 3.74. The van der Waals surface area contributed by atoms with Crippen molar-refractivity contribution in [3.8, 4) is 0 Å². The zero-order valence-electron chi connectivity index (χ0n) is 41.1. The number of benzene rings is 1. The predicted octanol–water partition coefficient (Wildman–Crippen LogP) is 3.02. The Morgan fingerprint density at radius 1 is 0.864 bits per heavy atom. The summed E-state index contributed by atoms with van der Waals surface area (Å²) in [4.78, 5) is 99.0. The summed E-state index contributed by atoms with van der Waals surface area (Å²) >= 11 is 4.54. The second-order valence-corrected chi connectivity index (χ2v) is 19.0. The summed E-state index contributed by atoms with van der Waals surface area (Å²) in [5.41, 5.74) is 0.730. The normalized spacial score (nSPS) is 18.2. The molecular formula is C47H78N6O12S. The molecule has 1 heterocycles. The summed E-state index contributed by atoms with van der Waals surface area (Å²) < 4.78 is 17.5. The molecule has 1 aromatic rings. The summed E-state index contributed by atoms with van der Waals surface area (Å²) in [7, 11) is 6.50. The van der Waals surface area contributed by atoms with Crippen LogP contribution in [0, 0.1) is 23.7 Å². The minimum Gasteiger partial charge on any atom is -0.480 e. The first-order valence-electron chi connectivity index (χ1n) is 23.0. The maximum Gasteiger partial charge on any atom is 0.329 e. The van der Waals surface area contributed by atoms with Gasteiger partial charge in [0.25, 0.3) is 0 Å². The van der Waals surface area contributed by atoms with Crippen LogP contribution in [0.1, 0.15) is 86.6 Å². The van der Waals surface area contributed by atoms with Crippen LogP contribution in [0.3, 0.4) is 0 Å². The number of nitrogens with one attached hydrogen (secondary N) is 2. The van der Waals surface area contributed by atoms with Crippen LogP contribution in [-0.2, 0) is 54.2 Å². The number of esters is 1. The van der Waals surface area contributed by atoms with Gasteiger partial charge in [0.2, 0.25) is 23.6 Å². The number of thiol groups is 1. The maximum absolute atomic E-state index is 14.4. The molecule has 1 saturated heterocycles. The number of hydrogen-bond donors (Lipinski definition) is 5. The number of aliphatic carboxylic acids is 2. The Kier molecular flexibility index (Phi) is 24.6. The largest absolute Gasteiger partial charge is 0.480 e. The third-order valence-corrected chi connectivity index (χ3v) is 13.0. The van der Waals surface area contributed by atoms with Crippen molar-refractivity contribution < 1.29 is 58.0 Å². The molecule has 1 aliphatic heterocycles. The van der Waals surface area contributed by atoms with Crippen LogP contribution in [0.15, 0.2) is 30.3 Å². The van der Waals surface area contributed by atoms with Gasteiger partial charge in [-0.1, -0.05) is 85.2 Å². The lowest BCUT2D eigenvalue weighted by Gasteiger charge is -2.41. The van der Waals surface area contributed by atoms with Gasteiger partial charge in [-0.3, -0.25) is 38.6 Å². The highest BCUT2D eigenvalue weighted by Crippen LogP contribution is 2.30. The number of carbonyl (C=O) groups is 7. The molecular weight excluding hydrogens is 873 g/mol. The molecule has 18 nitrogen and oxygen atoms in total. The van der Waals surface area contributed by atoms with Crippen LogP contribution in [0.2, 0.25) is 0 Å². The molecule has 0 aromatic heterocycles. The SMILES string of the molecule is CC[C@H](C)[C@@H]([C@@H](CC(=O)N1CCC[C@H]1[C@H](OC)[C@@H](C)C(=O)N[C@@H](Cc1ccccc1)C(=O)OCCN(CC(=O)O)CC(=O)O)OC)N(C)C(=O)[C@@H](NC(=O)[C@H](C(C)C)N(C)C(C)S)C(C)C. The van der Waals surface area contributed by atoms with E-state index < -0.39 is 85.2 Å². The maximum atomic E-state index is 14.4. The van der Waals surface area contributed by atoms with Gasteiger partial charge in [-0.15, -0.1) is 0 Å². The molecule has 66 heavy (non-hydrogen) atoms. The Balaban J connectivity index is 2.31. The second-order valence-electron chi connectivity index (χ2n) is 18.2. The molecule has 1 fully saturated rings. The van der Waals surface area contributed by atoms with E-state index in [0.29, 0.717) is 25.8 Å². The van der Waals surface area contributed by atoms with Crippen LogP contribution in [0.4, 0.5) is 0 Å². The van der Waals surface area contributed by atoms with Crippen molar-refractivity contribution in [2.24, 2.45) is 23.7 Å². The molecule has 4 N–H and O–H groups in total. The minimum absolute atomic E-state index is 0.0532. The first-order valence-corrected chi connectivity index (χ1v) is 23.5. The highest BCUT2D eigenvalue weighted by molar-refractivity contribution is 7.80. The number of likely N-dealkylation sites (N-methyl/N-ethyl adjacent to an activating group) is 2. The first-order chi connectivity index (χ1) is 31.0. The number of rotatable bonds is 29. The minimum atomic E-state index is -1.24. The van der Waals surface area contributed by atoms with Crippen LogP contribution in [0.25, 0.3) is 0 Å². The molecule has 0 saturated carbocycles. The zero-order chi connectivity index (χ0) is 50.0. The van der Waals surface area contributed by atoms with Gasteiger partial charge in [0.05, 0.1) is 61.1 Å². The fourth-order valence-electron chi connectivity index (χ4n) is 8.79. The zero-order valence-corrected chi connectivity index (χ0v) is 42.0. The van der Waals surface area contributed by atoms with Crippen molar-refractivity contribution in [3.05, 3.63) is 35.9 Å². The van der Waals surface area contributed by atoms with E-state index in [0.717, 1.165) is 10.5 Å². The Hall–Kier alpha value is -4.30. The van der Waals surface area contributed by atoms with Gasteiger partial charge in [0, 0.05) is 40.8 Å². The van der Waals surface area contributed by atoms with Crippen molar-refractivity contribution in [3.63, 3.8) is 0 Å². The number of likely N-dealkylation sites (tertiary alicyclic amines) is 1. The summed E-state index contributed by atoms with van der Waals surface area (Å²) in [6.45, 7) is 14.0. The Labute approximate surface area is 397 Å². The van der Waals surface area contributed by atoms with Crippen molar-refractivity contribution in [1.82, 2.24) is 30.2 Å². The Morgan fingerprint density at radius 3 is 1.97 bits per heavy atom. The average molecular weight is 951 g/mol. The molecule has 19 heteroatoms. The van der Waals surface area contributed by atoms with E-state index in [1.54, 1.807) is 48.0 Å². The van der Waals surface area contributed by atoms with Gasteiger partial charge < -0.3 is 44.9 Å². The van der Waals surface area contributed by atoms with Crippen LogP contribution in [-0.4, -0.2) is 180 Å². The fourth-order valence-corrected chi connectivity index (χ4v) is 8.93. The molecule has 0 radical (unpaired) electrons. The highest BCUT2D eigenvalue weighted by atomic mass is 32.1. The number of carboxylic acid groups (broad SMARTS) is 2. The van der Waals surface area contributed by atoms with Crippen molar-refractivity contribution in [1.29, 1.82) is 0 Å². The number of ether oxygens (including phenoxy) is 3. The molecule has 0 bridgehead atoms. The van der Waals surface area contributed by atoms with E-state index in [1.807, 2.05) is 66.5 Å². The summed E-state index contributed by atoms with van der Waals surface area (Å²) in [5, 5.41) is 24.0. The first kappa shape index (κ1) is 57.8. The summed E-state index contributed by atoms with van der Waals surface area (Å²) in [6.07, 6.45) is 0.351. The van der Waals surface area contributed by atoms with Crippen molar-refractivity contribution in [2.45, 2.75) is 135 Å². The third-order valence-electron chi connectivity index (χ3n) is 12.7. The van der Waals surface area contributed by atoms with E-state index in [9.17, 15) is 43.8 Å². The summed E-state index contributed by atoms with van der Waals surface area (Å²) in [5.74, 6) is -5.87. The Bertz CT molecular complexity index is 1720. The number of carbonyl (C=O) groups excluding carboxylic acids is 5. The quantitative estimate of drug-likeness (QED) is 0.0443. The molecule has 1 aromatic carbocycles. The monoisotopic (exact) mass is 951 g/mol. The third kappa shape index (κ3) is 17.1. The number of methoxy groups -OCH3 is 2. The molecule has 0 spiro atoms. The van der Waals surface area contributed by atoms with Crippen molar-refractivity contribution >= 4 is 54.2 Å². The van der Waals surface area contributed by atoms with Gasteiger partial charge in [0.15, 0.2) is 0 Å². The molecule has 4 amide bonds. The Morgan fingerprint density at radius 2 is 1.47 bits per heavy atom. The second kappa shape index (κ2) is 28.1. The van der Waals surface area contributed by atoms with Gasteiger partial charge in [0.1, 0.15) is 18.7 Å². The number of amides is 4. The van der Waals surface area contributed by atoms with Gasteiger partial charge in [-0.05, 0) is 50.1 Å². The molecule has 2 rings (SSSR count). The molecule has 0 aliphatic carbocycles. The number of carboxylic acids is 2. The lowest BCUT2D eigenvalue weighted by atomic mass is 9.89. The van der Waals surface area contributed by atoms with E-state index in [2.05, 4.69) is 23.3 Å². The smallest absolute Gasteiger partial charge is 0.329 e. The highest BCUT2D eigenvalue weighted by Gasteiger charge is 2.44. The van der Waals surface area contributed by atoms with Gasteiger partial charge in [-0.2, -0.15) is 12.6 Å². The van der Waals surface area contributed by atoms with E-state index >= 15 is 0 Å². The molecule has 374 valence electrons. The van der Waals surface area contributed by atoms with Crippen LogP contribution in [0.5, 0.6) is 0 Å². The lowest BCUT2D eigenvalue weighted by molar-refractivity contribution is -0.150. The standard InChI is InChI=1S/C47H78N6O12S/c1-13-30(6)42(51(10)46(61)40(28(2)3)49-45(60)41(29(4)5)50(9)32(8)66)36(63-11)25-37(54)53-21-17-20-35(53)43(64-12)31(7)44(59)48-34(24-33-18-15-14-16-19-33)47(62)65-23-22-52(26-38(55)56)27-39(57)58/h14-16,18-19,28-32,34-36,40-43,66H,13,17,20-27H2,1-12H3,(H,48,59)(H,49,60)(H,55,56)(H,57,58)/t30-,31+,32?,34-,35-,36+,40-,41-,42-,43+/m0/s1. The summed E-state index contributed by atoms with van der Waals surface area (Å²) in [6, 6.07) is 5.38. The number of hydrogen-bond acceptors (Lipinski definition) is 13. The molecule has 10 atom stereocenters. The van der Waals surface area contributed by atoms with Crippen LogP contribution < -0.4 is 10.6 Å². The van der Waals surface area contributed by atoms with Gasteiger partial charge in [-0.25, -0.2) is 4.79 Å². The molecule has 1 unspecified atom stereocenters. The number of nitrogens with zero attached hydrogens (tertiary/aromatic N) is 4. The van der Waals surface area contributed by atoms with E-state index in [-0.39, 0.29) is 66.8 Å². The van der Waals surface area contributed by atoms with Crippen molar-refractivity contribution in [2.75, 3.05) is 61.1 Å². The van der Waals surface area contributed by atoms with E-state index in [4.69, 9.17) is 14.2 Å².